The van der Waals surface area contributed by atoms with Crippen LogP contribution in [0.25, 0.3) is 0 Å². The summed E-state index contributed by atoms with van der Waals surface area (Å²) in [7, 11) is 4.13. The molecule has 3 fully saturated rings. The van der Waals surface area contributed by atoms with Gasteiger partial charge >= 0.3 is 5.97 Å². The van der Waals surface area contributed by atoms with Crippen molar-refractivity contribution in [1.82, 2.24) is 9.80 Å². The van der Waals surface area contributed by atoms with E-state index < -0.39 is 5.97 Å². The Morgan fingerprint density at radius 2 is 1.69 bits per heavy atom. The number of nitrogens with zero attached hydrogens (tertiary/aromatic N) is 2. The fourth-order valence-corrected chi connectivity index (χ4v) is 13.3. The van der Waals surface area contributed by atoms with Gasteiger partial charge in [0, 0.05) is 37.0 Å². The van der Waals surface area contributed by atoms with Crippen LogP contribution >= 0.6 is 11.6 Å². The summed E-state index contributed by atoms with van der Waals surface area (Å²) >= 11 is 6.26. The van der Waals surface area contributed by atoms with E-state index in [4.69, 9.17) is 11.6 Å². The van der Waals surface area contributed by atoms with Gasteiger partial charge in [0.1, 0.15) is 0 Å². The third-order valence-electron chi connectivity index (χ3n) is 15.8. The maximum Gasteiger partial charge on any atom is 0.306 e. The first kappa shape index (κ1) is 39.5. The first-order chi connectivity index (χ1) is 25.5. The Balaban J connectivity index is 1.23. The molecular weight excluding hydrogens is 692 g/mol. The fraction of sp³-hybridized carbons (Fsp3) is 0.681. The van der Waals surface area contributed by atoms with Crippen LogP contribution in [0, 0.1) is 70.0 Å². The number of fused-ring (bicyclic) bond motifs is 7. The predicted octanol–water partition coefficient (Wildman–Crippen LogP) is 9.88. The number of ketones is 1. The first-order valence-electron chi connectivity index (χ1n) is 21.1. The van der Waals surface area contributed by atoms with Crippen molar-refractivity contribution in [3.8, 4) is 0 Å². The molecule has 54 heavy (non-hydrogen) atoms. The SMILES string of the molecule is CC(C)C1=C2C(CC1=O)[C@@H](C(=O)N(CCN(C)C)Cc1ccc(Cl)cc1)C[C@@H]1[C@@H]2CC[C@@H]2C3[C@H](C)C=C(C4=CCC(C(=O)O)CC4)C(C)(C)[C@@H]3CC[C@]21C. The highest BCUT2D eigenvalue weighted by Crippen LogP contribution is 2.69. The second-order valence-corrected chi connectivity index (χ2v) is 20.1. The van der Waals surface area contributed by atoms with Gasteiger partial charge in [-0.3, -0.25) is 14.4 Å². The summed E-state index contributed by atoms with van der Waals surface area (Å²) in [6.45, 7) is 16.3. The van der Waals surface area contributed by atoms with Gasteiger partial charge in [0.25, 0.3) is 0 Å². The number of carboxylic acid groups (broad SMARTS) is 1. The van der Waals surface area contributed by atoms with Crippen LogP contribution in [0.1, 0.15) is 105 Å². The molecule has 3 unspecified atom stereocenters. The molecule has 1 aromatic rings. The number of carbonyl (C=O) groups excluding carboxylic acids is 2. The van der Waals surface area contributed by atoms with Gasteiger partial charge in [0.15, 0.2) is 5.78 Å². The Kier molecular flexibility index (Phi) is 11.0. The predicted molar refractivity (Wildman–Crippen MR) is 217 cm³/mol. The zero-order chi connectivity index (χ0) is 38.9. The molecule has 1 N–H and O–H groups in total. The fourth-order valence-electron chi connectivity index (χ4n) is 13.2. The number of amides is 1. The van der Waals surface area contributed by atoms with Gasteiger partial charge in [0.2, 0.25) is 5.91 Å². The number of aliphatic carboxylic acids is 1. The molecular formula is C47H65ClN2O4. The van der Waals surface area contributed by atoms with Crippen LogP contribution in [0.3, 0.4) is 0 Å². The Morgan fingerprint density at radius 1 is 0.963 bits per heavy atom. The Morgan fingerprint density at radius 3 is 2.31 bits per heavy atom. The highest BCUT2D eigenvalue weighted by atomic mass is 35.5. The lowest BCUT2D eigenvalue weighted by Gasteiger charge is -2.65. The van der Waals surface area contributed by atoms with Gasteiger partial charge < -0.3 is 14.9 Å². The van der Waals surface area contributed by atoms with Crippen LogP contribution in [0.4, 0.5) is 0 Å². The number of hydrogen-bond donors (Lipinski definition) is 1. The van der Waals surface area contributed by atoms with E-state index in [1.807, 2.05) is 24.3 Å². The molecule has 0 aromatic heterocycles. The molecule has 0 aliphatic heterocycles. The molecule has 6 nitrogen and oxygen atoms in total. The summed E-state index contributed by atoms with van der Waals surface area (Å²) < 4.78 is 0. The molecule has 10 atom stereocenters. The zero-order valence-corrected chi connectivity index (χ0v) is 34.9. The zero-order valence-electron chi connectivity index (χ0n) is 34.2. The van der Waals surface area contributed by atoms with Crippen molar-refractivity contribution in [3.05, 3.63) is 69.3 Å². The third-order valence-corrected chi connectivity index (χ3v) is 16.0. The summed E-state index contributed by atoms with van der Waals surface area (Å²) in [5.41, 5.74) is 6.46. The highest BCUT2D eigenvalue weighted by molar-refractivity contribution is 6.30. The van der Waals surface area contributed by atoms with Crippen molar-refractivity contribution in [2.75, 3.05) is 27.2 Å². The lowest BCUT2D eigenvalue weighted by atomic mass is 9.40. The molecule has 3 saturated carbocycles. The molecule has 6 aliphatic carbocycles. The lowest BCUT2D eigenvalue weighted by molar-refractivity contribution is -0.149. The normalized spacial score (nSPS) is 35.8. The van der Waals surface area contributed by atoms with Gasteiger partial charge in [-0.15, -0.1) is 0 Å². The molecule has 1 aromatic carbocycles. The molecule has 7 heteroatoms. The number of carbonyl (C=O) groups is 3. The number of allylic oxidation sites excluding steroid dienone is 6. The minimum absolute atomic E-state index is 0.00901. The van der Waals surface area contributed by atoms with Crippen LogP contribution in [0.5, 0.6) is 0 Å². The van der Waals surface area contributed by atoms with Gasteiger partial charge in [-0.2, -0.15) is 0 Å². The van der Waals surface area contributed by atoms with Gasteiger partial charge in [-0.1, -0.05) is 83.0 Å². The van der Waals surface area contributed by atoms with Crippen LogP contribution in [0.15, 0.2) is 58.7 Å². The Bertz CT molecular complexity index is 1740. The van der Waals surface area contributed by atoms with Gasteiger partial charge in [-0.25, -0.2) is 0 Å². The number of carboxylic acids is 1. The Labute approximate surface area is 329 Å². The lowest BCUT2D eigenvalue weighted by Crippen LogP contribution is -2.58. The molecule has 1 amide bonds. The number of hydrogen-bond acceptors (Lipinski definition) is 4. The summed E-state index contributed by atoms with van der Waals surface area (Å²) in [6, 6.07) is 7.89. The molecule has 7 rings (SSSR count). The molecule has 0 bridgehead atoms. The summed E-state index contributed by atoms with van der Waals surface area (Å²) in [5, 5.41) is 10.3. The van der Waals surface area contributed by atoms with Crippen molar-refractivity contribution in [3.63, 3.8) is 0 Å². The summed E-state index contributed by atoms with van der Waals surface area (Å²) in [6.07, 6.45) is 13.0. The smallest absolute Gasteiger partial charge is 0.306 e. The van der Waals surface area contributed by atoms with E-state index in [2.05, 4.69) is 77.6 Å². The monoisotopic (exact) mass is 756 g/mol. The second-order valence-electron chi connectivity index (χ2n) is 19.6. The molecule has 294 valence electrons. The number of Topliss-reactive ketones (excluding diaryl/α,β-unsaturated/α-hetero) is 1. The largest absolute Gasteiger partial charge is 0.481 e. The minimum atomic E-state index is -0.670. The summed E-state index contributed by atoms with van der Waals surface area (Å²) in [4.78, 5) is 45.1. The number of halogens is 1. The second kappa shape index (κ2) is 15.0. The van der Waals surface area contributed by atoms with Crippen LogP contribution < -0.4 is 0 Å². The van der Waals surface area contributed by atoms with Crippen LogP contribution in [-0.2, 0) is 20.9 Å². The topological polar surface area (TPSA) is 77.9 Å². The van der Waals surface area contributed by atoms with E-state index >= 15 is 4.79 Å². The molecule has 0 saturated heterocycles. The average Bonchev–Trinajstić information content (AvgIpc) is 3.48. The minimum Gasteiger partial charge on any atom is -0.481 e. The third kappa shape index (κ3) is 6.88. The quantitative estimate of drug-likeness (QED) is 0.272. The van der Waals surface area contributed by atoms with Crippen molar-refractivity contribution in [1.29, 1.82) is 0 Å². The van der Waals surface area contributed by atoms with E-state index in [-0.39, 0.29) is 46.2 Å². The van der Waals surface area contributed by atoms with Crippen LogP contribution in [-0.4, -0.2) is 59.8 Å². The summed E-state index contributed by atoms with van der Waals surface area (Å²) in [5.74, 6) is 2.42. The molecule has 6 aliphatic rings. The van der Waals surface area contributed by atoms with Crippen molar-refractivity contribution >= 4 is 29.3 Å². The van der Waals surface area contributed by atoms with E-state index in [1.54, 1.807) is 0 Å². The Hall–Kier alpha value is -2.70. The van der Waals surface area contributed by atoms with E-state index in [0.717, 1.165) is 49.8 Å². The van der Waals surface area contributed by atoms with Crippen LogP contribution in [0.2, 0.25) is 5.02 Å². The van der Waals surface area contributed by atoms with Gasteiger partial charge in [0.05, 0.1) is 5.92 Å². The molecule has 0 radical (unpaired) electrons. The van der Waals surface area contributed by atoms with Crippen molar-refractivity contribution in [2.24, 2.45) is 70.0 Å². The highest BCUT2D eigenvalue weighted by Gasteiger charge is 2.63. The van der Waals surface area contributed by atoms with Gasteiger partial charge in [-0.05, 0) is 158 Å². The number of rotatable bonds is 9. The maximum absolute atomic E-state index is 15.2. The number of benzene rings is 1. The van der Waals surface area contributed by atoms with E-state index in [0.29, 0.717) is 66.5 Å². The maximum atomic E-state index is 15.2. The number of likely N-dealkylation sites (N-methyl/N-ethyl adjacent to an activating group) is 1. The average molecular weight is 757 g/mol. The molecule has 0 spiro atoms. The van der Waals surface area contributed by atoms with Crippen molar-refractivity contribution < 1.29 is 19.5 Å². The first-order valence-corrected chi connectivity index (χ1v) is 21.5. The standard InChI is InChI=1S/C47H65ClN2O4/c1-27(2)41-40(51)25-34-35(44(52)50(22-21-49(7)8)26-29-9-15-32(48)16-10-29)24-39-33(43(34)41)17-18-37-42-28(3)23-38(30-11-13-31(14-12-30)45(53)54)46(4,5)36(42)19-20-47(37,39)6/h9-11,15-16,23,27-28,31,33-37,39,42H,12-14,17-22,24-26H2,1-8H3,(H,53,54)/t28-,31?,33+,34?,35+,36-,37-,39-,42?,47-/m1/s1. The van der Waals surface area contributed by atoms with E-state index in [1.165, 1.54) is 29.6 Å². The molecule has 0 heterocycles. The van der Waals surface area contributed by atoms with Crippen molar-refractivity contribution in [2.45, 2.75) is 106 Å². The van der Waals surface area contributed by atoms with E-state index in [9.17, 15) is 14.7 Å².